The average molecular weight is 253 g/mol. The molecular formula is C9H21ClN4O2. The summed E-state index contributed by atoms with van der Waals surface area (Å²) in [6.07, 6.45) is 2.05. The SMILES string of the molecule is CCCN=C(N)NCCCC(N)C(=O)O.Cl. The van der Waals surface area contributed by atoms with Gasteiger partial charge >= 0.3 is 5.97 Å². The Hall–Kier alpha value is -1.01. The maximum Gasteiger partial charge on any atom is 0.320 e. The largest absolute Gasteiger partial charge is 0.480 e. The monoisotopic (exact) mass is 252 g/mol. The Morgan fingerprint density at radius 1 is 1.56 bits per heavy atom. The maximum absolute atomic E-state index is 10.4. The van der Waals surface area contributed by atoms with Gasteiger partial charge in [0, 0.05) is 13.1 Å². The summed E-state index contributed by atoms with van der Waals surface area (Å²) in [5, 5.41) is 11.4. The summed E-state index contributed by atoms with van der Waals surface area (Å²) in [6, 6.07) is -0.791. The molecule has 1 unspecified atom stereocenters. The molecule has 0 bridgehead atoms. The van der Waals surface area contributed by atoms with Crippen molar-refractivity contribution >= 4 is 24.3 Å². The molecule has 0 aliphatic carbocycles. The van der Waals surface area contributed by atoms with E-state index in [0.717, 1.165) is 6.42 Å². The predicted molar refractivity (Wildman–Crippen MR) is 66.9 cm³/mol. The van der Waals surface area contributed by atoms with Gasteiger partial charge in [-0.05, 0) is 19.3 Å². The van der Waals surface area contributed by atoms with Crippen LogP contribution in [0.4, 0.5) is 0 Å². The molecule has 7 heteroatoms. The van der Waals surface area contributed by atoms with Crippen molar-refractivity contribution in [3.05, 3.63) is 0 Å². The number of carboxylic acid groups (broad SMARTS) is 1. The summed E-state index contributed by atoms with van der Waals surface area (Å²) in [6.45, 7) is 3.32. The van der Waals surface area contributed by atoms with Crippen LogP contribution in [0.3, 0.4) is 0 Å². The molecule has 0 fully saturated rings. The van der Waals surface area contributed by atoms with E-state index in [9.17, 15) is 4.79 Å². The number of hydrogen-bond donors (Lipinski definition) is 4. The topological polar surface area (TPSA) is 114 Å². The molecule has 0 radical (unpaired) electrons. The molecule has 0 spiro atoms. The Morgan fingerprint density at radius 3 is 2.69 bits per heavy atom. The van der Waals surface area contributed by atoms with Gasteiger partial charge in [0.1, 0.15) is 6.04 Å². The van der Waals surface area contributed by atoms with Gasteiger partial charge in [0.05, 0.1) is 0 Å². The van der Waals surface area contributed by atoms with Gasteiger partial charge in [0.15, 0.2) is 5.96 Å². The maximum atomic E-state index is 10.4. The standard InChI is InChI=1S/C9H20N4O2.ClH/c1-2-5-12-9(11)13-6-3-4-7(10)8(14)15;/h7H,2-6,10H2,1H3,(H,14,15)(H3,11,12,13);1H. The molecule has 0 rings (SSSR count). The van der Waals surface area contributed by atoms with E-state index in [1.807, 2.05) is 6.92 Å². The molecule has 0 aromatic rings. The normalized spacial score (nSPS) is 12.8. The minimum absolute atomic E-state index is 0. The number of rotatable bonds is 7. The van der Waals surface area contributed by atoms with Gasteiger partial charge in [0.2, 0.25) is 0 Å². The van der Waals surface area contributed by atoms with E-state index in [1.54, 1.807) is 0 Å². The van der Waals surface area contributed by atoms with E-state index in [1.165, 1.54) is 0 Å². The van der Waals surface area contributed by atoms with Crippen LogP contribution in [0.5, 0.6) is 0 Å². The number of carboxylic acids is 1. The minimum atomic E-state index is -0.970. The number of aliphatic imine (C=N–C) groups is 1. The number of nitrogens with zero attached hydrogens (tertiary/aromatic N) is 1. The first-order chi connectivity index (χ1) is 7.07. The van der Waals surface area contributed by atoms with Gasteiger partial charge in [-0.3, -0.25) is 9.79 Å². The minimum Gasteiger partial charge on any atom is -0.480 e. The molecule has 0 aliphatic heterocycles. The molecule has 0 heterocycles. The van der Waals surface area contributed by atoms with Crippen LogP contribution in [0.15, 0.2) is 4.99 Å². The van der Waals surface area contributed by atoms with Gasteiger partial charge in [-0.2, -0.15) is 0 Å². The smallest absolute Gasteiger partial charge is 0.320 e. The van der Waals surface area contributed by atoms with Gasteiger partial charge in [-0.1, -0.05) is 6.92 Å². The number of carbonyl (C=O) groups is 1. The predicted octanol–water partition coefficient (Wildman–Crippen LogP) is -0.0854. The van der Waals surface area contributed by atoms with Crippen LogP contribution in [0.2, 0.25) is 0 Å². The summed E-state index contributed by atoms with van der Waals surface area (Å²) in [5.41, 5.74) is 10.9. The number of hydrogen-bond acceptors (Lipinski definition) is 3. The van der Waals surface area contributed by atoms with Crippen LogP contribution in [0.1, 0.15) is 26.2 Å². The Morgan fingerprint density at radius 2 is 2.19 bits per heavy atom. The highest BCUT2D eigenvalue weighted by Crippen LogP contribution is 1.92. The molecular weight excluding hydrogens is 232 g/mol. The molecule has 6 nitrogen and oxygen atoms in total. The number of aliphatic carboxylic acids is 1. The highest BCUT2D eigenvalue weighted by atomic mass is 35.5. The van der Waals surface area contributed by atoms with E-state index in [2.05, 4.69) is 10.3 Å². The molecule has 0 aromatic carbocycles. The van der Waals surface area contributed by atoms with Crippen molar-refractivity contribution in [2.45, 2.75) is 32.2 Å². The number of nitrogens with two attached hydrogens (primary N) is 2. The molecule has 0 saturated carbocycles. The zero-order chi connectivity index (χ0) is 11.7. The quantitative estimate of drug-likeness (QED) is 0.287. The molecule has 96 valence electrons. The van der Waals surface area contributed by atoms with Crippen molar-refractivity contribution in [2.24, 2.45) is 16.5 Å². The lowest BCUT2D eigenvalue weighted by molar-refractivity contribution is -0.138. The van der Waals surface area contributed by atoms with Crippen LogP contribution in [0, 0.1) is 0 Å². The molecule has 6 N–H and O–H groups in total. The second-order valence-corrected chi connectivity index (χ2v) is 3.28. The number of nitrogens with one attached hydrogen (secondary N) is 1. The van der Waals surface area contributed by atoms with Crippen LogP contribution >= 0.6 is 12.4 Å². The van der Waals surface area contributed by atoms with Gasteiger partial charge in [-0.25, -0.2) is 0 Å². The summed E-state index contributed by atoms with van der Waals surface area (Å²) in [4.78, 5) is 14.4. The lowest BCUT2D eigenvalue weighted by atomic mass is 10.2. The third-order valence-electron chi connectivity index (χ3n) is 1.82. The first-order valence-electron chi connectivity index (χ1n) is 5.10. The van der Waals surface area contributed by atoms with Gasteiger partial charge in [0.25, 0.3) is 0 Å². The Labute approximate surface area is 102 Å². The lowest BCUT2D eigenvalue weighted by Gasteiger charge is -2.07. The Balaban J connectivity index is 0. The number of guanidine groups is 1. The van der Waals surface area contributed by atoms with Crippen molar-refractivity contribution < 1.29 is 9.90 Å². The summed E-state index contributed by atoms with van der Waals surface area (Å²) < 4.78 is 0. The fraction of sp³-hybridized carbons (Fsp3) is 0.778. The molecule has 0 saturated heterocycles. The molecule has 0 amide bonds. The Kier molecular flexibility index (Phi) is 11.4. The molecule has 0 aliphatic rings. The van der Waals surface area contributed by atoms with E-state index >= 15 is 0 Å². The van der Waals surface area contributed by atoms with Crippen LogP contribution in [-0.2, 0) is 4.79 Å². The lowest BCUT2D eigenvalue weighted by Crippen LogP contribution is -2.35. The van der Waals surface area contributed by atoms with E-state index in [0.29, 0.717) is 31.9 Å². The zero-order valence-corrected chi connectivity index (χ0v) is 10.3. The summed E-state index contributed by atoms with van der Waals surface area (Å²) in [5.74, 6) is -0.566. The van der Waals surface area contributed by atoms with Crippen LogP contribution in [0.25, 0.3) is 0 Å². The van der Waals surface area contributed by atoms with Crippen molar-refractivity contribution in [2.75, 3.05) is 13.1 Å². The third kappa shape index (κ3) is 9.54. The fourth-order valence-electron chi connectivity index (χ4n) is 0.950. The van der Waals surface area contributed by atoms with E-state index in [4.69, 9.17) is 16.6 Å². The first-order valence-corrected chi connectivity index (χ1v) is 5.10. The Bertz CT molecular complexity index is 224. The van der Waals surface area contributed by atoms with E-state index < -0.39 is 12.0 Å². The van der Waals surface area contributed by atoms with Crippen molar-refractivity contribution in [3.8, 4) is 0 Å². The van der Waals surface area contributed by atoms with Gasteiger partial charge < -0.3 is 21.9 Å². The van der Waals surface area contributed by atoms with Crippen LogP contribution in [-0.4, -0.2) is 36.2 Å². The fourth-order valence-corrected chi connectivity index (χ4v) is 0.950. The molecule has 1 atom stereocenters. The van der Waals surface area contributed by atoms with Crippen molar-refractivity contribution in [1.29, 1.82) is 0 Å². The second kappa shape index (κ2) is 10.5. The summed E-state index contributed by atoms with van der Waals surface area (Å²) in [7, 11) is 0. The van der Waals surface area contributed by atoms with Crippen molar-refractivity contribution in [3.63, 3.8) is 0 Å². The second-order valence-electron chi connectivity index (χ2n) is 3.28. The molecule has 16 heavy (non-hydrogen) atoms. The first kappa shape index (κ1) is 17.4. The number of halogens is 1. The highest BCUT2D eigenvalue weighted by Gasteiger charge is 2.09. The van der Waals surface area contributed by atoms with Crippen LogP contribution < -0.4 is 16.8 Å². The van der Waals surface area contributed by atoms with E-state index in [-0.39, 0.29) is 12.4 Å². The summed E-state index contributed by atoms with van der Waals surface area (Å²) >= 11 is 0. The highest BCUT2D eigenvalue weighted by molar-refractivity contribution is 5.85. The zero-order valence-electron chi connectivity index (χ0n) is 9.48. The third-order valence-corrected chi connectivity index (χ3v) is 1.82. The van der Waals surface area contributed by atoms with Gasteiger partial charge in [-0.15, -0.1) is 12.4 Å². The average Bonchev–Trinajstić information content (AvgIpc) is 2.20. The van der Waals surface area contributed by atoms with Crippen molar-refractivity contribution in [1.82, 2.24) is 5.32 Å². The molecule has 0 aromatic heterocycles.